The van der Waals surface area contributed by atoms with Crippen LogP contribution in [0.5, 0.6) is 5.75 Å². The zero-order valence-corrected chi connectivity index (χ0v) is 13.0. The van der Waals surface area contributed by atoms with E-state index in [-0.39, 0.29) is 17.6 Å². The summed E-state index contributed by atoms with van der Waals surface area (Å²) in [5, 5.41) is 0. The number of benzene rings is 2. The second kappa shape index (κ2) is 4.99. The summed E-state index contributed by atoms with van der Waals surface area (Å²) in [6.45, 7) is 4.92. The fourth-order valence-corrected chi connectivity index (χ4v) is 3.50. The molecule has 4 rings (SSSR count). The van der Waals surface area contributed by atoms with E-state index in [1.807, 2.05) is 18.2 Å². The van der Waals surface area contributed by atoms with Crippen LogP contribution in [0, 0.1) is 5.92 Å². The van der Waals surface area contributed by atoms with Crippen molar-refractivity contribution in [1.29, 1.82) is 0 Å². The SMILES string of the molecule is CC1(C)C=C2c3ccccc3OC[C@H]2[C@H](c2ccccc2)O1. The Morgan fingerprint density at radius 2 is 1.68 bits per heavy atom. The minimum atomic E-state index is -0.281. The van der Waals surface area contributed by atoms with Gasteiger partial charge in [-0.3, -0.25) is 0 Å². The van der Waals surface area contributed by atoms with E-state index in [2.05, 4.69) is 56.3 Å². The van der Waals surface area contributed by atoms with E-state index < -0.39 is 0 Å². The topological polar surface area (TPSA) is 18.5 Å². The Morgan fingerprint density at radius 3 is 2.50 bits per heavy atom. The lowest BCUT2D eigenvalue weighted by atomic mass is 9.79. The average molecular weight is 292 g/mol. The Morgan fingerprint density at radius 1 is 0.955 bits per heavy atom. The second-order valence-electron chi connectivity index (χ2n) is 6.57. The molecule has 2 atom stereocenters. The van der Waals surface area contributed by atoms with Crippen LogP contribution in [-0.2, 0) is 4.74 Å². The number of hydrogen-bond acceptors (Lipinski definition) is 2. The summed E-state index contributed by atoms with van der Waals surface area (Å²) < 4.78 is 12.4. The van der Waals surface area contributed by atoms with Crippen LogP contribution >= 0.6 is 0 Å². The number of ether oxygens (including phenoxy) is 2. The smallest absolute Gasteiger partial charge is 0.126 e. The molecule has 0 N–H and O–H groups in total. The van der Waals surface area contributed by atoms with Crippen LogP contribution in [0.15, 0.2) is 60.7 Å². The number of fused-ring (bicyclic) bond motifs is 3. The fourth-order valence-electron chi connectivity index (χ4n) is 3.50. The molecule has 2 nitrogen and oxygen atoms in total. The molecule has 2 heterocycles. The highest BCUT2D eigenvalue weighted by molar-refractivity contribution is 5.75. The van der Waals surface area contributed by atoms with Gasteiger partial charge in [0.25, 0.3) is 0 Å². The van der Waals surface area contributed by atoms with Crippen molar-refractivity contribution >= 4 is 5.57 Å². The van der Waals surface area contributed by atoms with Crippen molar-refractivity contribution in [2.75, 3.05) is 6.61 Å². The van der Waals surface area contributed by atoms with Crippen LogP contribution in [0.2, 0.25) is 0 Å². The van der Waals surface area contributed by atoms with Gasteiger partial charge < -0.3 is 9.47 Å². The molecular weight excluding hydrogens is 272 g/mol. The molecule has 0 saturated heterocycles. The molecule has 0 aromatic heterocycles. The summed E-state index contributed by atoms with van der Waals surface area (Å²) in [5.41, 5.74) is 3.49. The lowest BCUT2D eigenvalue weighted by Gasteiger charge is -2.43. The van der Waals surface area contributed by atoms with Crippen molar-refractivity contribution in [2.24, 2.45) is 5.92 Å². The zero-order valence-electron chi connectivity index (χ0n) is 13.0. The summed E-state index contributed by atoms with van der Waals surface area (Å²) in [4.78, 5) is 0. The first-order valence-corrected chi connectivity index (χ1v) is 7.82. The van der Waals surface area contributed by atoms with E-state index in [1.165, 1.54) is 16.7 Å². The molecule has 2 heteroatoms. The molecule has 2 aliphatic heterocycles. The van der Waals surface area contributed by atoms with E-state index in [4.69, 9.17) is 9.47 Å². The quantitative estimate of drug-likeness (QED) is 0.763. The molecule has 0 fully saturated rings. The Labute approximate surface area is 131 Å². The average Bonchev–Trinajstić information content (AvgIpc) is 2.54. The summed E-state index contributed by atoms with van der Waals surface area (Å²) in [6.07, 6.45) is 2.29. The third kappa shape index (κ3) is 2.24. The Hall–Kier alpha value is -2.06. The molecule has 22 heavy (non-hydrogen) atoms. The minimum Gasteiger partial charge on any atom is -0.492 e. The zero-order chi connectivity index (χ0) is 15.2. The normalized spacial score (nSPS) is 25.5. The molecule has 0 radical (unpaired) electrons. The highest BCUT2D eigenvalue weighted by Gasteiger charge is 2.40. The number of para-hydroxylation sites is 1. The molecular formula is C20H20O2. The van der Waals surface area contributed by atoms with Gasteiger partial charge in [-0.15, -0.1) is 0 Å². The molecule has 0 amide bonds. The molecule has 2 aromatic carbocycles. The Kier molecular flexibility index (Phi) is 3.08. The van der Waals surface area contributed by atoms with Crippen molar-refractivity contribution in [1.82, 2.24) is 0 Å². The van der Waals surface area contributed by atoms with Crippen molar-refractivity contribution in [3.63, 3.8) is 0 Å². The molecule has 112 valence electrons. The van der Waals surface area contributed by atoms with Crippen LogP contribution < -0.4 is 4.74 Å². The maximum Gasteiger partial charge on any atom is 0.126 e. The lowest BCUT2D eigenvalue weighted by molar-refractivity contribution is -0.0778. The van der Waals surface area contributed by atoms with Crippen molar-refractivity contribution in [2.45, 2.75) is 25.6 Å². The molecule has 0 saturated carbocycles. The molecule has 0 unspecified atom stereocenters. The Bertz CT molecular complexity index is 715. The van der Waals surface area contributed by atoms with Gasteiger partial charge in [0.05, 0.1) is 18.3 Å². The van der Waals surface area contributed by atoms with E-state index in [0.717, 1.165) is 5.75 Å². The monoisotopic (exact) mass is 292 g/mol. The molecule has 0 aliphatic carbocycles. The molecule has 0 spiro atoms. The highest BCUT2D eigenvalue weighted by Crippen LogP contribution is 2.48. The van der Waals surface area contributed by atoms with Gasteiger partial charge in [0.1, 0.15) is 5.75 Å². The minimum absolute atomic E-state index is 0.0320. The van der Waals surface area contributed by atoms with Crippen LogP contribution in [0.1, 0.15) is 31.1 Å². The number of rotatable bonds is 1. The third-order valence-electron chi connectivity index (χ3n) is 4.44. The van der Waals surface area contributed by atoms with Crippen LogP contribution in [-0.4, -0.2) is 12.2 Å². The molecule has 2 aromatic rings. The van der Waals surface area contributed by atoms with Gasteiger partial charge >= 0.3 is 0 Å². The van der Waals surface area contributed by atoms with Crippen LogP contribution in [0.4, 0.5) is 0 Å². The van der Waals surface area contributed by atoms with Gasteiger partial charge in [0.2, 0.25) is 0 Å². The van der Waals surface area contributed by atoms with E-state index in [0.29, 0.717) is 6.61 Å². The van der Waals surface area contributed by atoms with Crippen molar-refractivity contribution in [3.05, 3.63) is 71.8 Å². The van der Waals surface area contributed by atoms with E-state index >= 15 is 0 Å². The second-order valence-corrected chi connectivity index (χ2v) is 6.57. The largest absolute Gasteiger partial charge is 0.492 e. The molecule has 0 bridgehead atoms. The predicted molar refractivity (Wildman–Crippen MR) is 87.8 cm³/mol. The summed E-state index contributed by atoms with van der Waals surface area (Å²) in [6, 6.07) is 18.8. The maximum atomic E-state index is 6.39. The predicted octanol–water partition coefficient (Wildman–Crippen LogP) is 4.63. The maximum absolute atomic E-state index is 6.39. The first kappa shape index (κ1) is 13.6. The standard InChI is InChI=1S/C20H20O2/c1-20(2)12-16-15-10-6-7-11-18(15)21-13-17(16)19(22-20)14-8-4-3-5-9-14/h3-12,17,19H,13H2,1-2H3/t17-,19+/m1/s1. The summed E-state index contributed by atoms with van der Waals surface area (Å²) in [7, 11) is 0. The lowest BCUT2D eigenvalue weighted by Crippen LogP contribution is -2.38. The van der Waals surface area contributed by atoms with E-state index in [9.17, 15) is 0 Å². The fraction of sp³-hybridized carbons (Fsp3) is 0.300. The first-order chi connectivity index (χ1) is 10.6. The van der Waals surface area contributed by atoms with Gasteiger partial charge in [-0.05, 0) is 37.1 Å². The van der Waals surface area contributed by atoms with E-state index in [1.54, 1.807) is 0 Å². The van der Waals surface area contributed by atoms with Gasteiger partial charge in [-0.25, -0.2) is 0 Å². The van der Waals surface area contributed by atoms with Gasteiger partial charge in [0, 0.05) is 11.5 Å². The van der Waals surface area contributed by atoms with Gasteiger partial charge in [0.15, 0.2) is 0 Å². The summed E-state index contributed by atoms with van der Waals surface area (Å²) in [5.74, 6) is 1.22. The highest BCUT2D eigenvalue weighted by atomic mass is 16.5. The molecule has 2 aliphatic rings. The Balaban J connectivity index is 1.83. The van der Waals surface area contributed by atoms with Gasteiger partial charge in [-0.1, -0.05) is 48.5 Å². The van der Waals surface area contributed by atoms with Crippen molar-refractivity contribution < 1.29 is 9.47 Å². The summed E-state index contributed by atoms with van der Waals surface area (Å²) >= 11 is 0. The van der Waals surface area contributed by atoms with Crippen molar-refractivity contribution in [3.8, 4) is 5.75 Å². The number of hydrogen-bond donors (Lipinski definition) is 0. The van der Waals surface area contributed by atoms with Crippen LogP contribution in [0.3, 0.4) is 0 Å². The first-order valence-electron chi connectivity index (χ1n) is 7.82. The van der Waals surface area contributed by atoms with Gasteiger partial charge in [-0.2, -0.15) is 0 Å². The van der Waals surface area contributed by atoms with Crippen LogP contribution in [0.25, 0.3) is 5.57 Å². The third-order valence-corrected chi connectivity index (χ3v) is 4.44.